The molecule has 0 saturated heterocycles. The van der Waals surface area contributed by atoms with Crippen molar-refractivity contribution < 1.29 is 4.79 Å². The number of amides is 1. The largest absolute Gasteiger partial charge is 0.356 e. The Bertz CT molecular complexity index is 482. The number of hydrogen-bond acceptors (Lipinski definition) is 1. The van der Waals surface area contributed by atoms with E-state index in [1.54, 1.807) is 0 Å². The summed E-state index contributed by atoms with van der Waals surface area (Å²) < 4.78 is 0. The second kappa shape index (κ2) is 7.49. The molecule has 0 atom stereocenters. The molecule has 0 spiro atoms. The normalized spacial score (nSPS) is 10.5. The van der Waals surface area contributed by atoms with Gasteiger partial charge in [0.15, 0.2) is 0 Å². The van der Waals surface area contributed by atoms with E-state index in [4.69, 9.17) is 0 Å². The summed E-state index contributed by atoms with van der Waals surface area (Å²) >= 11 is 0. The smallest absolute Gasteiger partial charge is 0.219 e. The summed E-state index contributed by atoms with van der Waals surface area (Å²) in [6.07, 6.45) is 1.46. The Morgan fingerprint density at radius 2 is 1.45 bits per heavy atom. The van der Waals surface area contributed by atoms with Crippen LogP contribution in [0.4, 0.5) is 0 Å². The van der Waals surface area contributed by atoms with Crippen molar-refractivity contribution in [1.82, 2.24) is 5.32 Å². The maximum Gasteiger partial charge on any atom is 0.219 e. The van der Waals surface area contributed by atoms with Crippen LogP contribution < -0.4 is 5.32 Å². The van der Waals surface area contributed by atoms with Gasteiger partial charge in [-0.1, -0.05) is 67.6 Å². The third-order valence-electron chi connectivity index (χ3n) is 3.48. The van der Waals surface area contributed by atoms with Crippen LogP contribution in [0, 0.1) is 0 Å². The van der Waals surface area contributed by atoms with Crippen LogP contribution in [0.5, 0.6) is 0 Å². The van der Waals surface area contributed by atoms with Gasteiger partial charge < -0.3 is 5.32 Å². The van der Waals surface area contributed by atoms with E-state index in [1.165, 1.54) is 11.1 Å². The fourth-order valence-electron chi connectivity index (χ4n) is 2.38. The van der Waals surface area contributed by atoms with Crippen LogP contribution in [0.25, 0.3) is 0 Å². The van der Waals surface area contributed by atoms with E-state index >= 15 is 0 Å². The van der Waals surface area contributed by atoms with E-state index in [2.05, 4.69) is 53.8 Å². The van der Waals surface area contributed by atoms with Crippen molar-refractivity contribution in [2.24, 2.45) is 0 Å². The van der Waals surface area contributed by atoms with Crippen molar-refractivity contribution >= 4 is 5.91 Å². The SMILES string of the molecule is CCC(=O)NCCC(c1ccccc1)c1ccccc1. The van der Waals surface area contributed by atoms with Crippen molar-refractivity contribution in [3.8, 4) is 0 Å². The summed E-state index contributed by atoms with van der Waals surface area (Å²) in [7, 11) is 0. The Kier molecular flexibility index (Phi) is 5.36. The Morgan fingerprint density at radius 1 is 0.950 bits per heavy atom. The molecule has 0 aliphatic rings. The monoisotopic (exact) mass is 267 g/mol. The first-order valence-corrected chi connectivity index (χ1v) is 7.18. The zero-order valence-corrected chi connectivity index (χ0v) is 11.9. The van der Waals surface area contributed by atoms with Crippen LogP contribution in [-0.4, -0.2) is 12.5 Å². The minimum atomic E-state index is 0.116. The van der Waals surface area contributed by atoms with Crippen LogP contribution in [0.2, 0.25) is 0 Å². The number of carbonyl (C=O) groups is 1. The topological polar surface area (TPSA) is 29.1 Å². The minimum Gasteiger partial charge on any atom is -0.356 e. The molecular weight excluding hydrogens is 246 g/mol. The molecule has 1 N–H and O–H groups in total. The lowest BCUT2D eigenvalue weighted by atomic mass is 9.88. The molecule has 2 rings (SSSR count). The van der Waals surface area contributed by atoms with Gasteiger partial charge in [0.25, 0.3) is 0 Å². The molecule has 0 aromatic heterocycles. The Labute approximate surface area is 120 Å². The summed E-state index contributed by atoms with van der Waals surface area (Å²) in [6.45, 7) is 2.59. The standard InChI is InChI=1S/C18H21NO/c1-2-18(20)19-14-13-17(15-9-5-3-6-10-15)16-11-7-4-8-12-16/h3-12,17H,2,13-14H2,1H3,(H,19,20). The van der Waals surface area contributed by atoms with Crippen molar-refractivity contribution in [1.29, 1.82) is 0 Å². The lowest BCUT2D eigenvalue weighted by Crippen LogP contribution is -2.24. The number of rotatable bonds is 6. The summed E-state index contributed by atoms with van der Waals surface area (Å²) in [5.74, 6) is 0.444. The van der Waals surface area contributed by atoms with Gasteiger partial charge >= 0.3 is 0 Å². The zero-order valence-electron chi connectivity index (χ0n) is 11.9. The Morgan fingerprint density at radius 3 is 1.90 bits per heavy atom. The molecule has 0 radical (unpaired) electrons. The van der Waals surface area contributed by atoms with E-state index in [0.717, 1.165) is 6.42 Å². The highest BCUT2D eigenvalue weighted by atomic mass is 16.1. The van der Waals surface area contributed by atoms with Gasteiger partial charge in [-0.2, -0.15) is 0 Å². The van der Waals surface area contributed by atoms with Gasteiger partial charge in [0.2, 0.25) is 5.91 Å². The Hall–Kier alpha value is -2.09. The molecular formula is C18H21NO. The number of carbonyl (C=O) groups excluding carboxylic acids is 1. The maximum absolute atomic E-state index is 11.4. The zero-order chi connectivity index (χ0) is 14.2. The molecule has 0 aliphatic heterocycles. The van der Waals surface area contributed by atoms with Crippen LogP contribution in [0.1, 0.15) is 36.8 Å². The molecule has 0 saturated carbocycles. The summed E-state index contributed by atoms with van der Waals surface area (Å²) in [5.41, 5.74) is 2.59. The number of benzene rings is 2. The molecule has 2 aromatic carbocycles. The lowest BCUT2D eigenvalue weighted by molar-refractivity contribution is -0.120. The molecule has 0 unspecified atom stereocenters. The third-order valence-corrected chi connectivity index (χ3v) is 3.48. The van der Waals surface area contributed by atoms with Gasteiger partial charge in [0.05, 0.1) is 0 Å². The highest BCUT2D eigenvalue weighted by Crippen LogP contribution is 2.27. The first kappa shape index (κ1) is 14.3. The first-order valence-electron chi connectivity index (χ1n) is 7.18. The van der Waals surface area contributed by atoms with E-state index in [-0.39, 0.29) is 5.91 Å². The van der Waals surface area contributed by atoms with Gasteiger partial charge in [0.1, 0.15) is 0 Å². The predicted octanol–water partition coefficient (Wildman–Crippen LogP) is 3.73. The molecule has 104 valence electrons. The molecule has 0 bridgehead atoms. The van der Waals surface area contributed by atoms with E-state index < -0.39 is 0 Å². The van der Waals surface area contributed by atoms with Gasteiger partial charge in [0, 0.05) is 18.9 Å². The molecule has 1 amide bonds. The summed E-state index contributed by atoms with van der Waals surface area (Å²) in [5, 5.41) is 2.96. The Balaban J connectivity index is 2.11. The van der Waals surface area contributed by atoms with Crippen molar-refractivity contribution in [3.05, 3.63) is 71.8 Å². The fraction of sp³-hybridized carbons (Fsp3) is 0.278. The van der Waals surface area contributed by atoms with Gasteiger partial charge in [-0.05, 0) is 17.5 Å². The molecule has 2 aromatic rings. The average Bonchev–Trinajstić information content (AvgIpc) is 2.53. The van der Waals surface area contributed by atoms with Crippen LogP contribution in [0.3, 0.4) is 0 Å². The average molecular weight is 267 g/mol. The second-order valence-electron chi connectivity index (χ2n) is 4.87. The van der Waals surface area contributed by atoms with Crippen molar-refractivity contribution in [3.63, 3.8) is 0 Å². The summed E-state index contributed by atoms with van der Waals surface area (Å²) in [4.78, 5) is 11.4. The van der Waals surface area contributed by atoms with Gasteiger partial charge in [-0.15, -0.1) is 0 Å². The number of nitrogens with one attached hydrogen (secondary N) is 1. The van der Waals surface area contributed by atoms with E-state index in [9.17, 15) is 4.79 Å². The molecule has 2 nitrogen and oxygen atoms in total. The minimum absolute atomic E-state index is 0.116. The fourth-order valence-corrected chi connectivity index (χ4v) is 2.38. The predicted molar refractivity (Wildman–Crippen MR) is 82.6 cm³/mol. The lowest BCUT2D eigenvalue weighted by Gasteiger charge is -2.18. The molecule has 2 heteroatoms. The second-order valence-corrected chi connectivity index (χ2v) is 4.87. The maximum atomic E-state index is 11.4. The highest BCUT2D eigenvalue weighted by molar-refractivity contribution is 5.75. The molecule has 0 fully saturated rings. The van der Waals surface area contributed by atoms with Crippen LogP contribution in [0.15, 0.2) is 60.7 Å². The molecule has 0 aliphatic carbocycles. The van der Waals surface area contributed by atoms with Crippen LogP contribution in [-0.2, 0) is 4.79 Å². The van der Waals surface area contributed by atoms with Gasteiger partial charge in [-0.25, -0.2) is 0 Å². The van der Waals surface area contributed by atoms with Crippen LogP contribution >= 0.6 is 0 Å². The van der Waals surface area contributed by atoms with E-state index in [0.29, 0.717) is 18.9 Å². The number of hydrogen-bond donors (Lipinski definition) is 1. The molecule has 0 heterocycles. The third kappa shape index (κ3) is 3.95. The summed E-state index contributed by atoms with van der Waals surface area (Å²) in [6, 6.07) is 20.9. The first-order chi connectivity index (χ1) is 9.81. The molecule has 20 heavy (non-hydrogen) atoms. The van der Waals surface area contributed by atoms with Crippen molar-refractivity contribution in [2.75, 3.05) is 6.54 Å². The van der Waals surface area contributed by atoms with Gasteiger partial charge in [-0.3, -0.25) is 4.79 Å². The quantitative estimate of drug-likeness (QED) is 0.849. The highest BCUT2D eigenvalue weighted by Gasteiger charge is 2.13. The van der Waals surface area contributed by atoms with Crippen molar-refractivity contribution in [2.45, 2.75) is 25.7 Å². The van der Waals surface area contributed by atoms with E-state index in [1.807, 2.05) is 19.1 Å².